The Hall–Kier alpha value is -2.24. The molecule has 0 bridgehead atoms. The Morgan fingerprint density at radius 1 is 1.19 bits per heavy atom. The van der Waals surface area contributed by atoms with Crippen LogP contribution in [-0.4, -0.2) is 21.0 Å². The summed E-state index contributed by atoms with van der Waals surface area (Å²) in [4.78, 5) is 19.7. The van der Waals surface area contributed by atoms with Crippen LogP contribution in [0.3, 0.4) is 0 Å². The minimum Gasteiger partial charge on any atom is -0.478 e. The summed E-state index contributed by atoms with van der Waals surface area (Å²) in [5.74, 6) is -0.981. The molecule has 0 amide bonds. The van der Waals surface area contributed by atoms with E-state index in [0.717, 1.165) is 11.3 Å². The summed E-state index contributed by atoms with van der Waals surface area (Å²) < 4.78 is 0. The molecule has 6 heteroatoms. The highest BCUT2D eigenvalue weighted by atomic mass is 35.5. The van der Waals surface area contributed by atoms with Crippen LogP contribution in [0.15, 0.2) is 48.0 Å². The third kappa shape index (κ3) is 2.94. The maximum absolute atomic E-state index is 11.0. The molecule has 3 aromatic rings. The molecule has 0 aliphatic carbocycles. The standard InChI is InChI=1S/C15H9ClN2O2S/c16-11-3-1-2-9(6-11)13-8-21-14(18-13)12-7-10(15(19)20)4-5-17-12/h1-8H,(H,19,20). The fraction of sp³-hybridized carbons (Fsp3) is 0. The first-order chi connectivity index (χ1) is 10.1. The van der Waals surface area contributed by atoms with Crippen LogP contribution in [0.5, 0.6) is 0 Å². The Bertz CT molecular complexity index is 817. The lowest BCUT2D eigenvalue weighted by atomic mass is 10.2. The Morgan fingerprint density at radius 2 is 2.05 bits per heavy atom. The van der Waals surface area contributed by atoms with Crippen molar-refractivity contribution >= 4 is 28.9 Å². The van der Waals surface area contributed by atoms with Crippen LogP contribution < -0.4 is 0 Å². The molecule has 104 valence electrons. The first-order valence-electron chi connectivity index (χ1n) is 6.04. The molecule has 2 aromatic heterocycles. The second-order valence-electron chi connectivity index (χ2n) is 4.28. The van der Waals surface area contributed by atoms with Gasteiger partial charge in [0.25, 0.3) is 0 Å². The highest BCUT2D eigenvalue weighted by Crippen LogP contribution is 2.29. The Labute approximate surface area is 129 Å². The predicted octanol–water partition coefficient (Wildman–Crippen LogP) is 4.22. The molecule has 3 rings (SSSR count). The number of halogens is 1. The predicted molar refractivity (Wildman–Crippen MR) is 82.8 cm³/mol. The van der Waals surface area contributed by atoms with E-state index >= 15 is 0 Å². The van der Waals surface area contributed by atoms with E-state index in [1.807, 2.05) is 23.6 Å². The molecule has 0 radical (unpaired) electrons. The highest BCUT2D eigenvalue weighted by molar-refractivity contribution is 7.13. The molecule has 1 aromatic carbocycles. The second-order valence-corrected chi connectivity index (χ2v) is 5.58. The highest BCUT2D eigenvalue weighted by Gasteiger charge is 2.10. The quantitative estimate of drug-likeness (QED) is 0.785. The number of hydrogen-bond donors (Lipinski definition) is 1. The fourth-order valence-electron chi connectivity index (χ4n) is 1.85. The van der Waals surface area contributed by atoms with Gasteiger partial charge < -0.3 is 5.11 Å². The van der Waals surface area contributed by atoms with Crippen LogP contribution in [0, 0.1) is 0 Å². The van der Waals surface area contributed by atoms with Gasteiger partial charge in [-0.05, 0) is 24.3 Å². The van der Waals surface area contributed by atoms with E-state index in [1.165, 1.54) is 29.7 Å². The average Bonchev–Trinajstić information content (AvgIpc) is 2.97. The third-order valence-electron chi connectivity index (χ3n) is 2.85. The van der Waals surface area contributed by atoms with Crippen LogP contribution >= 0.6 is 22.9 Å². The first-order valence-corrected chi connectivity index (χ1v) is 7.30. The maximum Gasteiger partial charge on any atom is 0.335 e. The molecule has 0 saturated heterocycles. The Kier molecular flexibility index (Phi) is 3.68. The number of aromatic nitrogens is 2. The number of carboxylic acid groups (broad SMARTS) is 1. The van der Waals surface area contributed by atoms with Crippen LogP contribution in [0.25, 0.3) is 22.0 Å². The summed E-state index contributed by atoms with van der Waals surface area (Å²) in [5.41, 5.74) is 2.45. The number of carbonyl (C=O) groups is 1. The summed E-state index contributed by atoms with van der Waals surface area (Å²) in [6.07, 6.45) is 1.47. The van der Waals surface area contributed by atoms with Crippen molar-refractivity contribution < 1.29 is 9.90 Å². The van der Waals surface area contributed by atoms with Gasteiger partial charge in [-0.25, -0.2) is 9.78 Å². The van der Waals surface area contributed by atoms with Gasteiger partial charge in [0.2, 0.25) is 0 Å². The molecule has 21 heavy (non-hydrogen) atoms. The molecule has 0 fully saturated rings. The largest absolute Gasteiger partial charge is 0.478 e. The number of rotatable bonds is 3. The number of aromatic carboxylic acids is 1. The van der Waals surface area contributed by atoms with Gasteiger partial charge in [-0.3, -0.25) is 4.98 Å². The van der Waals surface area contributed by atoms with E-state index < -0.39 is 5.97 Å². The molecule has 0 spiro atoms. The van der Waals surface area contributed by atoms with E-state index in [4.69, 9.17) is 16.7 Å². The fourth-order valence-corrected chi connectivity index (χ4v) is 2.84. The van der Waals surface area contributed by atoms with E-state index in [-0.39, 0.29) is 5.56 Å². The van der Waals surface area contributed by atoms with Gasteiger partial charge in [0.15, 0.2) is 0 Å². The average molecular weight is 317 g/mol. The normalized spacial score (nSPS) is 10.5. The van der Waals surface area contributed by atoms with Crippen LogP contribution in [0.1, 0.15) is 10.4 Å². The molecule has 0 saturated carbocycles. The summed E-state index contributed by atoms with van der Waals surface area (Å²) in [6.45, 7) is 0. The number of benzene rings is 1. The van der Waals surface area contributed by atoms with Gasteiger partial charge in [-0.1, -0.05) is 23.7 Å². The van der Waals surface area contributed by atoms with E-state index in [9.17, 15) is 4.79 Å². The monoisotopic (exact) mass is 316 g/mol. The van der Waals surface area contributed by atoms with Gasteiger partial charge in [0.05, 0.1) is 17.0 Å². The minimum atomic E-state index is -0.981. The van der Waals surface area contributed by atoms with Gasteiger partial charge in [0.1, 0.15) is 5.01 Å². The Morgan fingerprint density at radius 3 is 2.81 bits per heavy atom. The summed E-state index contributed by atoms with van der Waals surface area (Å²) in [7, 11) is 0. The van der Waals surface area contributed by atoms with Crippen LogP contribution in [0.4, 0.5) is 0 Å². The van der Waals surface area contributed by atoms with Crippen molar-refractivity contribution in [3.05, 3.63) is 58.6 Å². The van der Waals surface area contributed by atoms with Gasteiger partial charge in [0, 0.05) is 22.2 Å². The minimum absolute atomic E-state index is 0.194. The lowest BCUT2D eigenvalue weighted by Crippen LogP contribution is -1.97. The number of carboxylic acids is 1. The molecule has 4 nitrogen and oxygen atoms in total. The molecule has 2 heterocycles. The maximum atomic E-state index is 11.0. The number of pyridine rings is 1. The number of thiazole rings is 1. The van der Waals surface area contributed by atoms with Crippen LogP contribution in [-0.2, 0) is 0 Å². The van der Waals surface area contributed by atoms with Gasteiger partial charge in [-0.2, -0.15) is 0 Å². The zero-order valence-electron chi connectivity index (χ0n) is 10.7. The molecule has 0 atom stereocenters. The molecule has 0 aliphatic rings. The molecule has 0 aliphatic heterocycles. The summed E-state index contributed by atoms with van der Waals surface area (Å²) in [6, 6.07) is 10.4. The van der Waals surface area contributed by atoms with E-state index in [1.54, 1.807) is 6.07 Å². The van der Waals surface area contributed by atoms with Crippen LogP contribution in [0.2, 0.25) is 5.02 Å². The smallest absolute Gasteiger partial charge is 0.335 e. The van der Waals surface area contributed by atoms with Crippen molar-refractivity contribution in [1.29, 1.82) is 0 Å². The molecular formula is C15H9ClN2O2S. The van der Waals surface area contributed by atoms with Crippen molar-refractivity contribution in [2.24, 2.45) is 0 Å². The van der Waals surface area contributed by atoms with Gasteiger partial charge in [-0.15, -0.1) is 11.3 Å². The number of hydrogen-bond acceptors (Lipinski definition) is 4. The third-order valence-corrected chi connectivity index (χ3v) is 3.95. The SMILES string of the molecule is O=C(O)c1ccnc(-c2nc(-c3cccc(Cl)c3)cs2)c1. The summed E-state index contributed by atoms with van der Waals surface area (Å²) in [5, 5.41) is 12.2. The topological polar surface area (TPSA) is 63.1 Å². The first kappa shape index (κ1) is 13.7. The zero-order valence-corrected chi connectivity index (χ0v) is 12.2. The van der Waals surface area contributed by atoms with E-state index in [2.05, 4.69) is 9.97 Å². The molecule has 1 N–H and O–H groups in total. The van der Waals surface area contributed by atoms with Crippen molar-refractivity contribution in [1.82, 2.24) is 9.97 Å². The van der Waals surface area contributed by atoms with Crippen molar-refractivity contribution in [3.8, 4) is 22.0 Å². The molecular weight excluding hydrogens is 308 g/mol. The Balaban J connectivity index is 1.98. The van der Waals surface area contributed by atoms with Crippen molar-refractivity contribution in [2.75, 3.05) is 0 Å². The second kappa shape index (κ2) is 5.63. The number of nitrogens with zero attached hydrogens (tertiary/aromatic N) is 2. The molecule has 0 unspecified atom stereocenters. The van der Waals surface area contributed by atoms with Crippen molar-refractivity contribution in [3.63, 3.8) is 0 Å². The lowest BCUT2D eigenvalue weighted by Gasteiger charge is -1.98. The van der Waals surface area contributed by atoms with E-state index in [0.29, 0.717) is 15.7 Å². The lowest BCUT2D eigenvalue weighted by molar-refractivity contribution is 0.0697. The summed E-state index contributed by atoms with van der Waals surface area (Å²) >= 11 is 7.39. The van der Waals surface area contributed by atoms with Gasteiger partial charge >= 0.3 is 5.97 Å². The zero-order chi connectivity index (χ0) is 14.8. The van der Waals surface area contributed by atoms with Crippen molar-refractivity contribution in [2.45, 2.75) is 0 Å².